The van der Waals surface area contributed by atoms with Gasteiger partial charge in [0.05, 0.1) is 11.4 Å². The average molecular weight is 289 g/mol. The van der Waals surface area contributed by atoms with Crippen LogP contribution in [0.2, 0.25) is 0 Å². The van der Waals surface area contributed by atoms with Crippen LogP contribution in [0.3, 0.4) is 0 Å². The Morgan fingerprint density at radius 1 is 1.60 bits per heavy atom. The van der Waals surface area contributed by atoms with Gasteiger partial charge in [-0.2, -0.15) is 0 Å². The molecule has 0 aliphatic carbocycles. The van der Waals surface area contributed by atoms with Crippen LogP contribution in [0.4, 0.5) is 0 Å². The highest BCUT2D eigenvalue weighted by atomic mass is 79.9. The maximum atomic E-state index is 11.3. The van der Waals surface area contributed by atoms with Crippen molar-refractivity contribution in [3.63, 3.8) is 0 Å². The van der Waals surface area contributed by atoms with Crippen LogP contribution in [-0.2, 0) is 11.4 Å². The zero-order chi connectivity index (χ0) is 11.4. The smallest absolute Gasteiger partial charge is 0.147 e. The number of Topliss-reactive ketones (excluding diaryl/α,β-unsaturated/α-hetero) is 1. The maximum Gasteiger partial charge on any atom is 0.147 e. The predicted molar refractivity (Wildman–Crippen MR) is 66.5 cm³/mol. The Morgan fingerprint density at radius 2 is 2.27 bits per heavy atom. The molecule has 0 aliphatic rings. The van der Waals surface area contributed by atoms with Crippen molar-refractivity contribution in [3.05, 3.63) is 29.3 Å². The zero-order valence-electron chi connectivity index (χ0n) is 8.66. The molecule has 1 unspecified atom stereocenters. The van der Waals surface area contributed by atoms with Gasteiger partial charge in [-0.3, -0.25) is 4.79 Å². The van der Waals surface area contributed by atoms with Crippen molar-refractivity contribution in [1.29, 1.82) is 0 Å². The highest BCUT2D eigenvalue weighted by molar-refractivity contribution is 9.09. The van der Waals surface area contributed by atoms with Crippen molar-refractivity contribution in [1.82, 2.24) is 0 Å². The first-order valence-corrected chi connectivity index (χ1v) is 6.66. The number of rotatable bonds is 4. The van der Waals surface area contributed by atoms with Gasteiger partial charge >= 0.3 is 0 Å². The highest BCUT2D eigenvalue weighted by Gasteiger charge is 2.16. The van der Waals surface area contributed by atoms with Crippen molar-refractivity contribution in [2.75, 3.05) is 6.26 Å². The van der Waals surface area contributed by atoms with Crippen LogP contribution < -0.4 is 0 Å². The molecular weight excluding hydrogens is 276 g/mol. The molecule has 0 bridgehead atoms. The van der Waals surface area contributed by atoms with Gasteiger partial charge in [0.15, 0.2) is 0 Å². The van der Waals surface area contributed by atoms with E-state index in [1.54, 1.807) is 11.8 Å². The molecule has 0 radical (unpaired) electrons. The topological polar surface area (TPSA) is 37.3 Å². The number of thioether (sulfide) groups is 1. The molecule has 1 aromatic carbocycles. The van der Waals surface area contributed by atoms with E-state index < -0.39 is 0 Å². The molecule has 0 spiro atoms. The van der Waals surface area contributed by atoms with Gasteiger partial charge in [-0.25, -0.2) is 0 Å². The van der Waals surface area contributed by atoms with Gasteiger partial charge in [-0.15, -0.1) is 11.8 Å². The summed E-state index contributed by atoms with van der Waals surface area (Å²) in [6.07, 6.45) is 1.98. The van der Waals surface area contributed by atoms with E-state index in [1.807, 2.05) is 24.5 Å². The summed E-state index contributed by atoms with van der Waals surface area (Å²) in [5.74, 6) is 0.0444. The number of alkyl halides is 1. The molecule has 0 fully saturated rings. The van der Waals surface area contributed by atoms with Crippen molar-refractivity contribution in [2.24, 2.45) is 0 Å². The average Bonchev–Trinajstić information content (AvgIpc) is 2.27. The molecule has 2 nitrogen and oxygen atoms in total. The fourth-order valence-corrected chi connectivity index (χ4v) is 2.17. The fourth-order valence-electron chi connectivity index (χ4n) is 1.30. The van der Waals surface area contributed by atoms with Crippen LogP contribution in [0.1, 0.15) is 22.9 Å². The molecular formula is C11H13BrO2S. The number of carbonyl (C=O) groups excluding carboxylic acids is 1. The second kappa shape index (κ2) is 5.68. The van der Waals surface area contributed by atoms with Gasteiger partial charge in [0, 0.05) is 4.90 Å². The minimum absolute atomic E-state index is 0.0423. The Kier molecular flexibility index (Phi) is 4.83. The maximum absolute atomic E-state index is 11.3. The summed E-state index contributed by atoms with van der Waals surface area (Å²) in [7, 11) is 0. The number of aliphatic hydroxyl groups excluding tert-OH is 1. The number of halogens is 1. The monoisotopic (exact) mass is 288 g/mol. The molecule has 4 heteroatoms. The van der Waals surface area contributed by atoms with Crippen LogP contribution in [0.15, 0.2) is 23.1 Å². The minimum Gasteiger partial charge on any atom is -0.392 e. The molecule has 1 atom stereocenters. The lowest BCUT2D eigenvalue weighted by Crippen LogP contribution is -2.05. The normalized spacial score (nSPS) is 12.5. The number of aliphatic hydroxyl groups is 1. The van der Waals surface area contributed by atoms with Crippen molar-refractivity contribution >= 4 is 33.5 Å². The summed E-state index contributed by atoms with van der Waals surface area (Å²) in [4.78, 5) is 12.0. The third kappa shape index (κ3) is 3.06. The predicted octanol–water partition coefficient (Wildman–Crippen LogP) is 2.93. The minimum atomic E-state index is -0.327. The van der Waals surface area contributed by atoms with E-state index in [1.165, 1.54) is 6.92 Å². The lowest BCUT2D eigenvalue weighted by molar-refractivity contribution is -0.116. The van der Waals surface area contributed by atoms with E-state index >= 15 is 0 Å². The number of carbonyl (C=O) groups is 1. The molecule has 0 heterocycles. The quantitative estimate of drug-likeness (QED) is 0.684. The largest absolute Gasteiger partial charge is 0.392 e. The van der Waals surface area contributed by atoms with E-state index in [-0.39, 0.29) is 17.2 Å². The van der Waals surface area contributed by atoms with Crippen LogP contribution in [0, 0.1) is 0 Å². The van der Waals surface area contributed by atoms with Gasteiger partial charge in [0.2, 0.25) is 0 Å². The van der Waals surface area contributed by atoms with E-state index in [9.17, 15) is 9.90 Å². The fraction of sp³-hybridized carbons (Fsp3) is 0.364. The van der Waals surface area contributed by atoms with Crippen LogP contribution in [0.25, 0.3) is 0 Å². The lowest BCUT2D eigenvalue weighted by atomic mass is 10.0. The first-order chi connectivity index (χ1) is 7.10. The second-order valence-corrected chi connectivity index (χ2v) is 4.99. The molecule has 82 valence electrons. The van der Waals surface area contributed by atoms with E-state index in [4.69, 9.17) is 0 Å². The van der Waals surface area contributed by atoms with Gasteiger partial charge in [0.1, 0.15) is 5.78 Å². The Bertz CT molecular complexity index is 366. The van der Waals surface area contributed by atoms with Crippen LogP contribution in [-0.4, -0.2) is 17.1 Å². The summed E-state index contributed by atoms with van der Waals surface area (Å²) in [5.41, 5.74) is 1.65. The molecule has 1 rings (SSSR count). The molecule has 0 saturated carbocycles. The molecule has 1 N–H and O–H groups in total. The Balaban J connectivity index is 3.16. The highest BCUT2D eigenvalue weighted by Crippen LogP contribution is 2.30. The Hall–Kier alpha value is -0.320. The van der Waals surface area contributed by atoms with E-state index in [0.717, 1.165) is 16.0 Å². The molecule has 0 amide bonds. The summed E-state index contributed by atoms with van der Waals surface area (Å²) >= 11 is 4.95. The summed E-state index contributed by atoms with van der Waals surface area (Å²) < 4.78 is 0. The number of ketones is 1. The standard InChI is InChI=1S/C11H13BrO2S/c1-7(14)11(12)10-5-9(15-2)4-3-8(10)6-13/h3-5,11,13H,6H2,1-2H3. The van der Waals surface area contributed by atoms with Gasteiger partial charge in [-0.1, -0.05) is 22.0 Å². The number of benzene rings is 1. The van der Waals surface area contributed by atoms with Crippen molar-refractivity contribution in [2.45, 2.75) is 23.3 Å². The Morgan fingerprint density at radius 3 is 2.73 bits per heavy atom. The molecule has 0 aromatic heterocycles. The Labute approximate surface area is 102 Å². The number of hydrogen-bond acceptors (Lipinski definition) is 3. The third-order valence-electron chi connectivity index (χ3n) is 2.15. The van der Waals surface area contributed by atoms with Gasteiger partial charge in [0.25, 0.3) is 0 Å². The summed E-state index contributed by atoms with van der Waals surface area (Å²) in [5, 5.41) is 9.17. The number of hydrogen-bond donors (Lipinski definition) is 1. The van der Waals surface area contributed by atoms with Crippen LogP contribution in [0.5, 0.6) is 0 Å². The zero-order valence-corrected chi connectivity index (χ0v) is 11.1. The lowest BCUT2D eigenvalue weighted by Gasteiger charge is -2.12. The molecule has 1 aromatic rings. The molecule has 0 aliphatic heterocycles. The summed E-state index contributed by atoms with van der Waals surface area (Å²) in [6, 6.07) is 5.75. The summed E-state index contributed by atoms with van der Waals surface area (Å²) in [6.45, 7) is 1.49. The third-order valence-corrected chi connectivity index (χ3v) is 4.02. The molecule has 0 saturated heterocycles. The van der Waals surface area contributed by atoms with Crippen LogP contribution >= 0.6 is 27.7 Å². The van der Waals surface area contributed by atoms with Gasteiger partial charge in [-0.05, 0) is 36.4 Å². The van der Waals surface area contributed by atoms with Crippen molar-refractivity contribution < 1.29 is 9.90 Å². The second-order valence-electron chi connectivity index (χ2n) is 3.20. The van der Waals surface area contributed by atoms with Crippen molar-refractivity contribution in [3.8, 4) is 0 Å². The van der Waals surface area contributed by atoms with Gasteiger partial charge < -0.3 is 5.11 Å². The SMILES string of the molecule is CSc1ccc(CO)c(C(Br)C(C)=O)c1. The van der Waals surface area contributed by atoms with E-state index in [0.29, 0.717) is 0 Å². The first kappa shape index (κ1) is 12.7. The van der Waals surface area contributed by atoms with E-state index in [2.05, 4.69) is 15.9 Å². The first-order valence-electron chi connectivity index (χ1n) is 4.52. The molecule has 15 heavy (non-hydrogen) atoms.